The highest BCUT2D eigenvalue weighted by molar-refractivity contribution is 6.30. The highest BCUT2D eigenvalue weighted by Crippen LogP contribution is 2.10. The van der Waals surface area contributed by atoms with Gasteiger partial charge in [-0.2, -0.15) is 0 Å². The lowest BCUT2D eigenvalue weighted by Gasteiger charge is -2.05. The summed E-state index contributed by atoms with van der Waals surface area (Å²) in [5.41, 5.74) is 3.19. The summed E-state index contributed by atoms with van der Waals surface area (Å²) in [6.45, 7) is 2.47. The Kier molecular flexibility index (Phi) is 5.41. The van der Waals surface area contributed by atoms with Gasteiger partial charge in [-0.05, 0) is 36.3 Å². The van der Waals surface area contributed by atoms with Crippen molar-refractivity contribution in [2.24, 2.45) is 0 Å². The number of hydrogen-bond acceptors (Lipinski definition) is 1. The van der Waals surface area contributed by atoms with Crippen LogP contribution in [0.5, 0.6) is 0 Å². The van der Waals surface area contributed by atoms with Crippen LogP contribution < -0.4 is 10.6 Å². The fraction of sp³-hybridized carbons (Fsp3) is 0.118. The van der Waals surface area contributed by atoms with Gasteiger partial charge < -0.3 is 10.6 Å². The van der Waals surface area contributed by atoms with Gasteiger partial charge in [0.05, 0.1) is 0 Å². The van der Waals surface area contributed by atoms with Crippen molar-refractivity contribution in [2.45, 2.75) is 13.5 Å². The van der Waals surface area contributed by atoms with Crippen LogP contribution in [0, 0.1) is 6.92 Å². The molecule has 3 nitrogen and oxygen atoms in total. The lowest BCUT2D eigenvalue weighted by atomic mass is 10.1. The minimum absolute atomic E-state index is 0.251. The SMILES string of the molecule is Cc1cccc(/C=C/NC(=O)NCc2cccc(Cl)c2)c1. The summed E-state index contributed by atoms with van der Waals surface area (Å²) in [5, 5.41) is 6.10. The van der Waals surface area contributed by atoms with Gasteiger partial charge >= 0.3 is 6.03 Å². The van der Waals surface area contributed by atoms with Gasteiger partial charge in [0.1, 0.15) is 0 Å². The van der Waals surface area contributed by atoms with Crippen LogP contribution >= 0.6 is 11.6 Å². The van der Waals surface area contributed by atoms with Crippen LogP contribution in [0.25, 0.3) is 6.08 Å². The third-order valence-corrected chi connectivity index (χ3v) is 3.11. The molecule has 108 valence electrons. The monoisotopic (exact) mass is 300 g/mol. The van der Waals surface area contributed by atoms with Crippen LogP contribution in [0.15, 0.2) is 54.7 Å². The van der Waals surface area contributed by atoms with Crippen LogP contribution in [-0.4, -0.2) is 6.03 Å². The number of urea groups is 1. The Hall–Kier alpha value is -2.26. The van der Waals surface area contributed by atoms with E-state index >= 15 is 0 Å². The predicted molar refractivity (Wildman–Crippen MR) is 87.0 cm³/mol. The lowest BCUT2D eigenvalue weighted by Crippen LogP contribution is -2.31. The van der Waals surface area contributed by atoms with Crippen LogP contribution in [0.3, 0.4) is 0 Å². The molecule has 2 aromatic rings. The highest BCUT2D eigenvalue weighted by Gasteiger charge is 1.98. The molecule has 0 aliphatic heterocycles. The van der Waals surface area contributed by atoms with Gasteiger partial charge in [-0.25, -0.2) is 4.79 Å². The number of nitrogens with one attached hydrogen (secondary N) is 2. The Labute approximate surface area is 129 Å². The van der Waals surface area contributed by atoms with E-state index in [1.807, 2.05) is 55.5 Å². The molecule has 0 atom stereocenters. The molecule has 21 heavy (non-hydrogen) atoms. The molecule has 0 heterocycles. The average molecular weight is 301 g/mol. The van der Waals surface area contributed by atoms with Gasteiger partial charge in [0.2, 0.25) is 0 Å². The summed E-state index contributed by atoms with van der Waals surface area (Å²) >= 11 is 5.88. The van der Waals surface area contributed by atoms with Gasteiger partial charge in [0.15, 0.2) is 0 Å². The van der Waals surface area contributed by atoms with Gasteiger partial charge in [-0.1, -0.05) is 53.6 Å². The second kappa shape index (κ2) is 7.50. The van der Waals surface area contributed by atoms with Crippen molar-refractivity contribution in [3.05, 3.63) is 76.4 Å². The predicted octanol–water partition coefficient (Wildman–Crippen LogP) is 4.12. The number of carbonyl (C=O) groups is 1. The topological polar surface area (TPSA) is 41.1 Å². The van der Waals surface area contributed by atoms with Crippen molar-refractivity contribution in [1.82, 2.24) is 10.6 Å². The van der Waals surface area contributed by atoms with E-state index in [9.17, 15) is 4.79 Å². The number of rotatable bonds is 4. The molecule has 2 aromatic carbocycles. The van der Waals surface area contributed by atoms with Crippen LogP contribution in [-0.2, 0) is 6.54 Å². The Bertz CT molecular complexity index is 653. The van der Waals surface area contributed by atoms with Crippen LogP contribution in [0.4, 0.5) is 4.79 Å². The molecule has 0 unspecified atom stereocenters. The quantitative estimate of drug-likeness (QED) is 0.876. The Morgan fingerprint density at radius 3 is 2.76 bits per heavy atom. The van der Waals surface area contributed by atoms with Crippen molar-refractivity contribution in [2.75, 3.05) is 0 Å². The molecular weight excluding hydrogens is 284 g/mol. The Balaban J connectivity index is 1.80. The van der Waals surface area contributed by atoms with Gasteiger partial charge in [-0.15, -0.1) is 0 Å². The zero-order chi connectivity index (χ0) is 15.1. The van der Waals surface area contributed by atoms with E-state index in [2.05, 4.69) is 10.6 Å². The molecule has 0 saturated carbocycles. The molecule has 2 amide bonds. The summed E-state index contributed by atoms with van der Waals surface area (Å²) in [6.07, 6.45) is 3.48. The Morgan fingerprint density at radius 2 is 2.00 bits per heavy atom. The first-order valence-electron chi connectivity index (χ1n) is 6.65. The van der Waals surface area contributed by atoms with Crippen LogP contribution in [0.2, 0.25) is 5.02 Å². The normalized spacial score (nSPS) is 10.6. The van der Waals surface area contributed by atoms with E-state index in [4.69, 9.17) is 11.6 Å². The lowest BCUT2D eigenvalue weighted by molar-refractivity contribution is 0.244. The van der Waals surface area contributed by atoms with E-state index in [1.54, 1.807) is 12.3 Å². The molecule has 4 heteroatoms. The maximum absolute atomic E-state index is 11.7. The summed E-state index contributed by atoms with van der Waals surface area (Å²) < 4.78 is 0. The van der Waals surface area contributed by atoms with E-state index in [1.165, 1.54) is 5.56 Å². The van der Waals surface area contributed by atoms with E-state index in [-0.39, 0.29) is 6.03 Å². The average Bonchev–Trinajstić information content (AvgIpc) is 2.45. The number of hydrogen-bond donors (Lipinski definition) is 2. The molecule has 0 radical (unpaired) electrons. The summed E-state index contributed by atoms with van der Waals surface area (Å²) in [5.74, 6) is 0. The molecule has 0 aliphatic carbocycles. The Morgan fingerprint density at radius 1 is 1.19 bits per heavy atom. The number of carbonyl (C=O) groups excluding carboxylic acids is 1. The second-order valence-corrected chi connectivity index (χ2v) is 5.14. The number of amides is 2. The first-order chi connectivity index (χ1) is 10.1. The number of aryl methyl sites for hydroxylation is 1. The number of benzene rings is 2. The molecular formula is C17H17ClN2O. The molecule has 0 fully saturated rings. The van der Waals surface area contributed by atoms with Crippen LogP contribution in [0.1, 0.15) is 16.7 Å². The zero-order valence-electron chi connectivity index (χ0n) is 11.8. The molecule has 0 bridgehead atoms. The molecule has 0 spiro atoms. The van der Waals surface area contributed by atoms with Gasteiger partial charge in [-0.3, -0.25) is 0 Å². The number of halogens is 1. The van der Waals surface area contributed by atoms with E-state index < -0.39 is 0 Å². The molecule has 2 rings (SSSR count). The third-order valence-electron chi connectivity index (χ3n) is 2.87. The first-order valence-corrected chi connectivity index (χ1v) is 7.03. The minimum Gasteiger partial charge on any atom is -0.334 e. The largest absolute Gasteiger partial charge is 0.334 e. The minimum atomic E-state index is -0.251. The van der Waals surface area contributed by atoms with Crippen molar-refractivity contribution in [1.29, 1.82) is 0 Å². The third kappa shape index (κ3) is 5.32. The van der Waals surface area contributed by atoms with Crippen molar-refractivity contribution in [3.8, 4) is 0 Å². The fourth-order valence-electron chi connectivity index (χ4n) is 1.87. The zero-order valence-corrected chi connectivity index (χ0v) is 12.5. The molecule has 0 saturated heterocycles. The van der Waals surface area contributed by atoms with Crippen molar-refractivity contribution < 1.29 is 4.79 Å². The van der Waals surface area contributed by atoms with Crippen molar-refractivity contribution in [3.63, 3.8) is 0 Å². The summed E-state index contributed by atoms with van der Waals surface area (Å²) in [6, 6.07) is 15.2. The maximum atomic E-state index is 11.7. The van der Waals surface area contributed by atoms with Gasteiger partial charge in [0, 0.05) is 17.8 Å². The molecule has 0 aromatic heterocycles. The highest BCUT2D eigenvalue weighted by atomic mass is 35.5. The first kappa shape index (κ1) is 15.1. The van der Waals surface area contributed by atoms with Gasteiger partial charge in [0.25, 0.3) is 0 Å². The smallest absolute Gasteiger partial charge is 0.319 e. The summed E-state index contributed by atoms with van der Waals surface area (Å²) in [7, 11) is 0. The summed E-state index contributed by atoms with van der Waals surface area (Å²) in [4.78, 5) is 11.7. The maximum Gasteiger partial charge on any atom is 0.319 e. The standard InChI is InChI=1S/C17H17ClN2O/c1-13-4-2-5-14(10-13)8-9-19-17(21)20-12-15-6-3-7-16(18)11-15/h2-11H,12H2,1H3,(H2,19,20,21)/b9-8+. The van der Waals surface area contributed by atoms with E-state index in [0.717, 1.165) is 11.1 Å². The molecule has 2 N–H and O–H groups in total. The second-order valence-electron chi connectivity index (χ2n) is 4.70. The van der Waals surface area contributed by atoms with Crippen molar-refractivity contribution >= 4 is 23.7 Å². The fourth-order valence-corrected chi connectivity index (χ4v) is 2.08. The van der Waals surface area contributed by atoms with E-state index in [0.29, 0.717) is 11.6 Å². The molecule has 0 aliphatic rings.